The molecule has 0 bridgehead atoms. The van der Waals surface area contributed by atoms with Crippen molar-refractivity contribution < 1.29 is 5.11 Å². The molecule has 3 aromatic heterocycles. The van der Waals surface area contributed by atoms with E-state index in [4.69, 9.17) is 11.6 Å². The maximum absolute atomic E-state index is 10.8. The standard InChI is InChI=1S/C21H21ClN6O/c1-11-19-12(10-28(2)27-19)5-16(20(11)29)18-7-17(22)15-6-14(9-24-21(15)26-18)25-13-3-4-23-8-13/h5-7,9-10,13,23,25,29H,3-4,8H2,1-2H3. The summed E-state index contributed by atoms with van der Waals surface area (Å²) in [6.07, 6.45) is 4.78. The number of nitrogens with zero attached hydrogens (tertiary/aromatic N) is 4. The van der Waals surface area contributed by atoms with Gasteiger partial charge in [0.05, 0.1) is 28.1 Å². The molecular formula is C21H21ClN6O. The third-order valence-corrected chi connectivity index (χ3v) is 5.76. The Kier molecular flexibility index (Phi) is 4.29. The molecule has 4 aromatic rings. The number of pyridine rings is 2. The SMILES string of the molecule is Cc1c(O)c(-c2cc(Cl)c3cc(NC4CCNC4)cnc3n2)cc2cn(C)nc12. The summed E-state index contributed by atoms with van der Waals surface area (Å²) in [5, 5.41) is 24.3. The van der Waals surface area contributed by atoms with Crippen molar-refractivity contribution in [2.45, 2.75) is 19.4 Å². The van der Waals surface area contributed by atoms with Crippen LogP contribution in [0.25, 0.3) is 33.2 Å². The number of phenols is 1. The number of rotatable bonds is 3. The predicted octanol–water partition coefficient (Wildman–Crippen LogP) is 3.62. The van der Waals surface area contributed by atoms with Crippen LogP contribution in [0.1, 0.15) is 12.0 Å². The van der Waals surface area contributed by atoms with Gasteiger partial charge in [0.25, 0.3) is 0 Å². The third-order valence-electron chi connectivity index (χ3n) is 5.44. The molecule has 1 fully saturated rings. The van der Waals surface area contributed by atoms with Crippen molar-refractivity contribution in [2.24, 2.45) is 7.05 Å². The molecule has 148 valence electrons. The van der Waals surface area contributed by atoms with Crippen molar-refractivity contribution in [3.05, 3.63) is 41.2 Å². The maximum Gasteiger partial charge on any atom is 0.161 e. The number of hydrogen-bond donors (Lipinski definition) is 3. The van der Waals surface area contributed by atoms with Gasteiger partial charge in [-0.05, 0) is 38.1 Å². The normalized spacial score (nSPS) is 16.7. The number of halogens is 1. The number of anilines is 1. The van der Waals surface area contributed by atoms with E-state index in [0.29, 0.717) is 33.5 Å². The molecule has 29 heavy (non-hydrogen) atoms. The van der Waals surface area contributed by atoms with Crippen molar-refractivity contribution >= 4 is 39.2 Å². The summed E-state index contributed by atoms with van der Waals surface area (Å²) in [5.74, 6) is 0.158. The van der Waals surface area contributed by atoms with Crippen LogP contribution in [0.2, 0.25) is 5.02 Å². The number of aryl methyl sites for hydroxylation is 2. The lowest BCUT2D eigenvalue weighted by Gasteiger charge is -2.14. The van der Waals surface area contributed by atoms with Gasteiger partial charge < -0.3 is 15.7 Å². The minimum Gasteiger partial charge on any atom is -0.507 e. The number of benzene rings is 1. The summed E-state index contributed by atoms with van der Waals surface area (Å²) in [6, 6.07) is 6.04. The van der Waals surface area contributed by atoms with Crippen LogP contribution in [-0.2, 0) is 7.05 Å². The van der Waals surface area contributed by atoms with Gasteiger partial charge in [-0.3, -0.25) is 4.68 Å². The van der Waals surface area contributed by atoms with E-state index in [1.54, 1.807) is 16.9 Å². The van der Waals surface area contributed by atoms with Crippen LogP contribution in [0.3, 0.4) is 0 Å². The molecule has 7 nitrogen and oxygen atoms in total. The molecule has 0 amide bonds. The number of nitrogens with one attached hydrogen (secondary N) is 2. The smallest absolute Gasteiger partial charge is 0.161 e. The van der Waals surface area contributed by atoms with Gasteiger partial charge >= 0.3 is 0 Å². The molecular weight excluding hydrogens is 388 g/mol. The number of aromatic nitrogens is 4. The fraction of sp³-hybridized carbons (Fsp3) is 0.286. The van der Waals surface area contributed by atoms with Crippen LogP contribution < -0.4 is 10.6 Å². The van der Waals surface area contributed by atoms with Gasteiger partial charge in [-0.2, -0.15) is 5.10 Å². The molecule has 1 atom stereocenters. The molecule has 0 saturated carbocycles. The molecule has 1 unspecified atom stereocenters. The molecule has 8 heteroatoms. The number of phenolic OH excluding ortho intramolecular Hbond substituents is 1. The van der Waals surface area contributed by atoms with Gasteiger partial charge in [0.1, 0.15) is 5.75 Å². The van der Waals surface area contributed by atoms with Crippen LogP contribution in [0.4, 0.5) is 5.69 Å². The van der Waals surface area contributed by atoms with Gasteiger partial charge in [-0.15, -0.1) is 0 Å². The molecule has 3 N–H and O–H groups in total. The Labute approximate surface area is 172 Å². The lowest BCUT2D eigenvalue weighted by molar-refractivity contribution is 0.474. The van der Waals surface area contributed by atoms with Crippen LogP contribution in [0.5, 0.6) is 5.75 Å². The lowest BCUT2D eigenvalue weighted by Crippen LogP contribution is -2.22. The fourth-order valence-corrected chi connectivity index (χ4v) is 4.18. The monoisotopic (exact) mass is 408 g/mol. The first-order valence-electron chi connectivity index (χ1n) is 9.59. The van der Waals surface area contributed by atoms with E-state index >= 15 is 0 Å². The minimum absolute atomic E-state index is 0.158. The summed E-state index contributed by atoms with van der Waals surface area (Å²) in [4.78, 5) is 9.18. The zero-order valence-corrected chi connectivity index (χ0v) is 17.0. The molecule has 1 aromatic carbocycles. The van der Waals surface area contributed by atoms with Crippen molar-refractivity contribution in [1.82, 2.24) is 25.1 Å². The van der Waals surface area contributed by atoms with Gasteiger partial charge in [-0.1, -0.05) is 11.6 Å². The Morgan fingerprint density at radius 2 is 2.17 bits per heavy atom. The van der Waals surface area contributed by atoms with Crippen molar-refractivity contribution in [3.63, 3.8) is 0 Å². The van der Waals surface area contributed by atoms with Crippen LogP contribution in [-0.4, -0.2) is 44.0 Å². The molecule has 4 heterocycles. The van der Waals surface area contributed by atoms with E-state index in [-0.39, 0.29) is 5.75 Å². The Bertz CT molecular complexity index is 1250. The summed E-state index contributed by atoms with van der Waals surface area (Å²) in [7, 11) is 1.86. The molecule has 5 rings (SSSR count). The molecule has 1 aliphatic heterocycles. The number of aromatic hydroxyl groups is 1. The highest BCUT2D eigenvalue weighted by Crippen LogP contribution is 2.38. The second kappa shape index (κ2) is 6.86. The number of fused-ring (bicyclic) bond motifs is 2. The molecule has 1 aliphatic rings. The average molecular weight is 409 g/mol. The first kappa shape index (κ1) is 18.1. The lowest BCUT2D eigenvalue weighted by atomic mass is 10.0. The topological polar surface area (TPSA) is 87.9 Å². The van der Waals surface area contributed by atoms with E-state index in [1.165, 1.54) is 0 Å². The van der Waals surface area contributed by atoms with Crippen molar-refractivity contribution in [3.8, 4) is 17.0 Å². The van der Waals surface area contributed by atoms with Gasteiger partial charge in [0.2, 0.25) is 0 Å². The maximum atomic E-state index is 10.8. The molecule has 0 radical (unpaired) electrons. The first-order chi connectivity index (χ1) is 14.0. The quantitative estimate of drug-likeness (QED) is 0.480. The highest BCUT2D eigenvalue weighted by atomic mass is 35.5. The average Bonchev–Trinajstić information content (AvgIpc) is 3.34. The first-order valence-corrected chi connectivity index (χ1v) is 9.97. The fourth-order valence-electron chi connectivity index (χ4n) is 3.93. The third kappa shape index (κ3) is 3.16. The van der Waals surface area contributed by atoms with Gasteiger partial charge in [0.15, 0.2) is 5.65 Å². The van der Waals surface area contributed by atoms with E-state index in [9.17, 15) is 5.11 Å². The highest BCUT2D eigenvalue weighted by Gasteiger charge is 2.18. The summed E-state index contributed by atoms with van der Waals surface area (Å²) >= 11 is 6.60. The summed E-state index contributed by atoms with van der Waals surface area (Å²) in [5.41, 5.74) is 4.17. The van der Waals surface area contributed by atoms with E-state index < -0.39 is 0 Å². The Morgan fingerprint density at radius 1 is 1.31 bits per heavy atom. The molecule has 1 saturated heterocycles. The zero-order chi connectivity index (χ0) is 20.1. The van der Waals surface area contributed by atoms with Crippen molar-refractivity contribution in [2.75, 3.05) is 18.4 Å². The Hall–Kier alpha value is -2.90. The molecule has 0 aliphatic carbocycles. The second-order valence-corrected chi connectivity index (χ2v) is 7.96. The Morgan fingerprint density at radius 3 is 2.97 bits per heavy atom. The predicted molar refractivity (Wildman–Crippen MR) is 116 cm³/mol. The largest absolute Gasteiger partial charge is 0.507 e. The van der Waals surface area contributed by atoms with Crippen LogP contribution >= 0.6 is 11.6 Å². The van der Waals surface area contributed by atoms with Crippen molar-refractivity contribution in [1.29, 1.82) is 0 Å². The summed E-state index contributed by atoms with van der Waals surface area (Å²) < 4.78 is 1.73. The van der Waals surface area contributed by atoms with Crippen LogP contribution in [0, 0.1) is 6.92 Å². The van der Waals surface area contributed by atoms with E-state index in [1.807, 2.05) is 32.3 Å². The Balaban J connectivity index is 1.59. The van der Waals surface area contributed by atoms with Crippen LogP contribution in [0.15, 0.2) is 30.6 Å². The highest BCUT2D eigenvalue weighted by molar-refractivity contribution is 6.35. The van der Waals surface area contributed by atoms with E-state index in [0.717, 1.165) is 41.5 Å². The molecule has 0 spiro atoms. The van der Waals surface area contributed by atoms with Gasteiger partial charge in [-0.25, -0.2) is 9.97 Å². The van der Waals surface area contributed by atoms with Gasteiger partial charge in [0, 0.05) is 47.7 Å². The zero-order valence-electron chi connectivity index (χ0n) is 16.2. The number of hydrogen-bond acceptors (Lipinski definition) is 6. The second-order valence-electron chi connectivity index (χ2n) is 7.56. The minimum atomic E-state index is 0.158. The summed E-state index contributed by atoms with van der Waals surface area (Å²) in [6.45, 7) is 3.82. The van der Waals surface area contributed by atoms with E-state index in [2.05, 4.69) is 25.7 Å².